The minimum Gasteiger partial charge on any atom is -0.392 e. The molecule has 20 heavy (non-hydrogen) atoms. The number of aliphatic hydroxyl groups is 1. The lowest BCUT2D eigenvalue weighted by molar-refractivity contribution is -0.601. The van der Waals surface area contributed by atoms with E-state index in [2.05, 4.69) is 56.8 Å². The lowest BCUT2D eigenvalue weighted by Crippen LogP contribution is -2.32. The molecule has 0 unspecified atom stereocenters. The van der Waals surface area contributed by atoms with Crippen LogP contribution in [-0.2, 0) is 6.54 Å². The Kier molecular flexibility index (Phi) is 4.61. The molecule has 0 atom stereocenters. The molecule has 108 valence electrons. The first-order valence-corrected chi connectivity index (χ1v) is 7.28. The van der Waals surface area contributed by atoms with E-state index in [0.29, 0.717) is 18.4 Å². The predicted octanol–water partition coefficient (Wildman–Crippen LogP) is 2.80. The van der Waals surface area contributed by atoms with Crippen LogP contribution in [0.3, 0.4) is 0 Å². The Morgan fingerprint density at radius 2 is 1.75 bits per heavy atom. The first-order chi connectivity index (χ1) is 9.54. The molecular weight excluding hydrogens is 248 g/mol. The van der Waals surface area contributed by atoms with Crippen molar-refractivity contribution in [3.8, 4) is 5.69 Å². The fourth-order valence-corrected chi connectivity index (χ4v) is 2.50. The molecule has 0 fully saturated rings. The summed E-state index contributed by atoms with van der Waals surface area (Å²) in [6, 6.07) is 6.52. The molecule has 0 amide bonds. The van der Waals surface area contributed by atoms with Crippen LogP contribution in [0.25, 0.3) is 5.69 Å². The molecule has 3 nitrogen and oxygen atoms in total. The average molecular weight is 272 g/mol. The van der Waals surface area contributed by atoms with Crippen molar-refractivity contribution in [2.75, 3.05) is 6.61 Å². The maximum atomic E-state index is 9.04. The number of rotatable bonds is 5. The summed E-state index contributed by atoms with van der Waals surface area (Å²) in [7, 11) is 0. The third-order valence-corrected chi connectivity index (χ3v) is 3.56. The Morgan fingerprint density at radius 1 is 1.15 bits per heavy atom. The standard InChI is InChI=1S/C17H24N2O/c1-13(2)15-6-5-7-16(14(3)4)17(15)19-9-8-18(12-19)10-11-20/h5-9,13-14,20H,10-11H2,1-4H3. The molecule has 0 radical (unpaired) electrons. The maximum absolute atomic E-state index is 9.04. The summed E-state index contributed by atoms with van der Waals surface area (Å²) in [6.07, 6.45) is 7.27. The molecule has 0 aliphatic heterocycles. The Morgan fingerprint density at radius 3 is 2.25 bits per heavy atom. The van der Waals surface area contributed by atoms with Crippen LogP contribution in [0.5, 0.6) is 0 Å². The second kappa shape index (κ2) is 6.23. The van der Waals surface area contributed by atoms with Gasteiger partial charge in [-0.25, -0.2) is 0 Å². The van der Waals surface area contributed by atoms with Crippen molar-refractivity contribution in [2.24, 2.45) is 0 Å². The van der Waals surface area contributed by atoms with Gasteiger partial charge in [0, 0.05) is 12.4 Å². The van der Waals surface area contributed by atoms with E-state index in [1.54, 1.807) is 0 Å². The van der Waals surface area contributed by atoms with Crippen LogP contribution in [0, 0.1) is 6.33 Å². The van der Waals surface area contributed by atoms with Gasteiger partial charge in [-0.05, 0) is 23.0 Å². The third kappa shape index (κ3) is 2.93. The molecule has 2 rings (SSSR count). The van der Waals surface area contributed by atoms with Crippen LogP contribution in [-0.4, -0.2) is 16.3 Å². The number of imidazole rings is 1. The van der Waals surface area contributed by atoms with Crippen molar-refractivity contribution in [1.82, 2.24) is 4.57 Å². The second-order valence-electron chi connectivity index (χ2n) is 5.78. The zero-order chi connectivity index (χ0) is 14.7. The number of nitrogens with zero attached hydrogens (tertiary/aromatic N) is 2. The molecule has 2 aromatic rings. The molecule has 0 spiro atoms. The SMILES string of the molecule is CC(C)c1cccc(C(C)C)c1-[n+]1[c-]n(CCO)cc1. The lowest BCUT2D eigenvalue weighted by atomic mass is 9.92. The minimum atomic E-state index is 0.133. The molecule has 0 saturated heterocycles. The fraction of sp³-hybridized carbons (Fsp3) is 0.471. The van der Waals surface area contributed by atoms with Gasteiger partial charge in [-0.15, -0.1) is 0 Å². The number of benzene rings is 1. The molecule has 0 aliphatic carbocycles. The van der Waals surface area contributed by atoms with Crippen LogP contribution in [0.4, 0.5) is 0 Å². The Hall–Kier alpha value is -1.61. The zero-order valence-electron chi connectivity index (χ0n) is 12.8. The van der Waals surface area contributed by atoms with E-state index < -0.39 is 0 Å². The van der Waals surface area contributed by atoms with Crippen LogP contribution in [0.2, 0.25) is 0 Å². The van der Waals surface area contributed by atoms with Crippen LogP contribution >= 0.6 is 0 Å². The van der Waals surface area contributed by atoms with Crippen molar-refractivity contribution in [3.05, 3.63) is 48.0 Å². The molecule has 1 N–H and O–H groups in total. The average Bonchev–Trinajstić information content (AvgIpc) is 2.86. The van der Waals surface area contributed by atoms with Crippen molar-refractivity contribution < 1.29 is 9.67 Å². The van der Waals surface area contributed by atoms with Crippen molar-refractivity contribution in [2.45, 2.75) is 46.1 Å². The summed E-state index contributed by atoms with van der Waals surface area (Å²) in [5, 5.41) is 9.04. The molecule has 0 aliphatic rings. The highest BCUT2D eigenvalue weighted by Crippen LogP contribution is 2.27. The Labute approximate surface area is 121 Å². The minimum absolute atomic E-state index is 0.133. The zero-order valence-corrected chi connectivity index (χ0v) is 12.8. The van der Waals surface area contributed by atoms with Crippen molar-refractivity contribution in [3.63, 3.8) is 0 Å². The predicted molar refractivity (Wildman–Crippen MR) is 80.1 cm³/mol. The maximum Gasteiger partial charge on any atom is 0.243 e. The summed E-state index contributed by atoms with van der Waals surface area (Å²) >= 11 is 0. The van der Waals surface area contributed by atoms with Gasteiger partial charge in [0.25, 0.3) is 0 Å². The third-order valence-electron chi connectivity index (χ3n) is 3.56. The monoisotopic (exact) mass is 272 g/mol. The Bertz CT molecular complexity index is 544. The highest BCUT2D eigenvalue weighted by atomic mass is 16.3. The number of hydrogen-bond donors (Lipinski definition) is 1. The van der Waals surface area contributed by atoms with Crippen LogP contribution in [0.15, 0.2) is 30.6 Å². The van der Waals surface area contributed by atoms with Gasteiger partial charge in [-0.1, -0.05) is 45.9 Å². The van der Waals surface area contributed by atoms with E-state index in [1.807, 2.05) is 17.0 Å². The Balaban J connectivity index is 2.56. The van der Waals surface area contributed by atoms with E-state index in [-0.39, 0.29) is 6.61 Å². The molecule has 3 heteroatoms. The summed E-state index contributed by atoms with van der Waals surface area (Å²) in [6.45, 7) is 9.58. The summed E-state index contributed by atoms with van der Waals surface area (Å²) in [4.78, 5) is 0. The van der Waals surface area contributed by atoms with Gasteiger partial charge in [-0.2, -0.15) is 0 Å². The number of hydrogen-bond acceptors (Lipinski definition) is 1. The van der Waals surface area contributed by atoms with E-state index in [1.165, 1.54) is 16.8 Å². The fourth-order valence-electron chi connectivity index (χ4n) is 2.50. The number of para-hydroxylation sites is 1. The van der Waals surface area contributed by atoms with Crippen LogP contribution in [0.1, 0.15) is 50.7 Å². The largest absolute Gasteiger partial charge is 0.392 e. The molecule has 0 bridgehead atoms. The quantitative estimate of drug-likeness (QED) is 0.658. The van der Waals surface area contributed by atoms with Crippen molar-refractivity contribution in [1.29, 1.82) is 0 Å². The van der Waals surface area contributed by atoms with E-state index >= 15 is 0 Å². The van der Waals surface area contributed by atoms with Crippen LogP contribution < -0.4 is 4.57 Å². The van der Waals surface area contributed by atoms with Gasteiger partial charge in [0.2, 0.25) is 6.33 Å². The first-order valence-electron chi connectivity index (χ1n) is 7.28. The first kappa shape index (κ1) is 14.8. The molecule has 1 aromatic heterocycles. The van der Waals surface area contributed by atoms with E-state index in [0.717, 1.165) is 0 Å². The van der Waals surface area contributed by atoms with Crippen molar-refractivity contribution >= 4 is 0 Å². The molecule has 1 aromatic carbocycles. The van der Waals surface area contributed by atoms with Gasteiger partial charge < -0.3 is 14.2 Å². The van der Waals surface area contributed by atoms with Gasteiger partial charge in [0.05, 0.1) is 18.8 Å². The number of aromatic nitrogens is 2. The van der Waals surface area contributed by atoms with E-state index in [9.17, 15) is 0 Å². The smallest absolute Gasteiger partial charge is 0.243 e. The summed E-state index contributed by atoms with van der Waals surface area (Å²) < 4.78 is 3.95. The van der Waals surface area contributed by atoms with Gasteiger partial charge >= 0.3 is 0 Å². The van der Waals surface area contributed by atoms with Gasteiger partial charge in [0.15, 0.2) is 0 Å². The lowest BCUT2D eigenvalue weighted by Gasteiger charge is -2.20. The highest BCUT2D eigenvalue weighted by molar-refractivity contribution is 5.45. The van der Waals surface area contributed by atoms with E-state index in [4.69, 9.17) is 5.11 Å². The second-order valence-corrected chi connectivity index (χ2v) is 5.78. The molecule has 1 heterocycles. The van der Waals surface area contributed by atoms with Gasteiger partial charge in [-0.3, -0.25) is 0 Å². The molecule has 0 saturated carbocycles. The number of aliphatic hydroxyl groups excluding tert-OH is 1. The highest BCUT2D eigenvalue weighted by Gasteiger charge is 2.14. The molecular formula is C17H24N2O. The topological polar surface area (TPSA) is 29.0 Å². The normalized spacial score (nSPS) is 11.6. The van der Waals surface area contributed by atoms with Gasteiger partial charge in [0.1, 0.15) is 0 Å². The summed E-state index contributed by atoms with van der Waals surface area (Å²) in [5.74, 6) is 0.927. The summed E-state index contributed by atoms with van der Waals surface area (Å²) in [5.41, 5.74) is 3.90.